The summed E-state index contributed by atoms with van der Waals surface area (Å²) in [6.07, 6.45) is 2.75. The molecule has 1 saturated heterocycles. The van der Waals surface area contributed by atoms with Crippen molar-refractivity contribution in [3.63, 3.8) is 0 Å². The molecule has 0 aromatic carbocycles. The number of hydrogen-bond acceptors (Lipinski definition) is 3. The molecule has 0 aliphatic carbocycles. The Morgan fingerprint density at radius 1 is 1.45 bits per heavy atom. The van der Waals surface area contributed by atoms with Crippen LogP contribution in [0.3, 0.4) is 0 Å². The molecule has 0 bridgehead atoms. The van der Waals surface area contributed by atoms with Gasteiger partial charge in [0.15, 0.2) is 0 Å². The van der Waals surface area contributed by atoms with E-state index in [1.54, 1.807) is 4.90 Å². The average molecular weight is 276 g/mol. The van der Waals surface area contributed by atoms with E-state index in [-0.39, 0.29) is 5.91 Å². The monoisotopic (exact) mass is 276 g/mol. The molecule has 0 N–H and O–H groups in total. The molecule has 2 heterocycles. The van der Waals surface area contributed by atoms with Crippen LogP contribution in [-0.2, 0) is 16.1 Å². The van der Waals surface area contributed by atoms with Crippen LogP contribution in [0.15, 0.2) is 12.1 Å². The van der Waals surface area contributed by atoms with Crippen molar-refractivity contribution in [2.24, 2.45) is 5.92 Å². The normalized spacial score (nSPS) is 18.9. The summed E-state index contributed by atoms with van der Waals surface area (Å²) in [6.45, 7) is 6.18. The number of amides is 1. The average Bonchev–Trinajstić information content (AvgIpc) is 2.38. The number of aryl methyl sites for hydroxylation is 2. The van der Waals surface area contributed by atoms with Crippen LogP contribution in [0.1, 0.15) is 36.2 Å². The quantitative estimate of drug-likeness (QED) is 0.848. The summed E-state index contributed by atoms with van der Waals surface area (Å²) >= 11 is 0. The number of aromatic nitrogens is 1. The standard InChI is InChI=1S/C16H24N2O2/c1-12-7-13(2)17-15(8-12)10-18(3)16(19)9-14-5-4-6-20-11-14/h7-8,14H,4-6,9-11H2,1-3H3/t14-/m0/s1. The molecule has 4 nitrogen and oxygen atoms in total. The molecular weight excluding hydrogens is 252 g/mol. The first-order chi connectivity index (χ1) is 9.54. The van der Waals surface area contributed by atoms with Gasteiger partial charge in [0.1, 0.15) is 0 Å². The maximum atomic E-state index is 12.2. The summed E-state index contributed by atoms with van der Waals surface area (Å²) < 4.78 is 5.43. The fourth-order valence-corrected chi connectivity index (χ4v) is 2.71. The van der Waals surface area contributed by atoms with Gasteiger partial charge in [0.25, 0.3) is 0 Å². The molecule has 1 aliphatic heterocycles. The molecule has 1 fully saturated rings. The summed E-state index contributed by atoms with van der Waals surface area (Å²) in [7, 11) is 1.85. The molecule has 0 saturated carbocycles. The molecule has 4 heteroatoms. The van der Waals surface area contributed by atoms with Gasteiger partial charge in [-0.25, -0.2) is 0 Å². The highest BCUT2D eigenvalue weighted by Crippen LogP contribution is 2.18. The third kappa shape index (κ3) is 4.30. The molecule has 1 aromatic heterocycles. The summed E-state index contributed by atoms with van der Waals surface area (Å²) in [5, 5.41) is 0. The molecule has 1 aliphatic rings. The van der Waals surface area contributed by atoms with Gasteiger partial charge in [-0.15, -0.1) is 0 Å². The predicted molar refractivity (Wildman–Crippen MR) is 78.3 cm³/mol. The van der Waals surface area contributed by atoms with E-state index < -0.39 is 0 Å². The molecule has 110 valence electrons. The molecule has 0 spiro atoms. The number of hydrogen-bond donors (Lipinski definition) is 0. The lowest BCUT2D eigenvalue weighted by molar-refractivity contribution is -0.132. The van der Waals surface area contributed by atoms with Crippen molar-refractivity contribution in [1.82, 2.24) is 9.88 Å². The number of carbonyl (C=O) groups is 1. The van der Waals surface area contributed by atoms with Gasteiger partial charge in [0.05, 0.1) is 12.2 Å². The van der Waals surface area contributed by atoms with Crippen molar-refractivity contribution in [3.05, 3.63) is 29.1 Å². The van der Waals surface area contributed by atoms with E-state index in [0.29, 0.717) is 18.9 Å². The summed E-state index contributed by atoms with van der Waals surface area (Å²) in [5.41, 5.74) is 3.15. The zero-order valence-electron chi connectivity index (χ0n) is 12.7. The van der Waals surface area contributed by atoms with Gasteiger partial charge in [-0.05, 0) is 50.3 Å². The largest absolute Gasteiger partial charge is 0.381 e. The van der Waals surface area contributed by atoms with E-state index >= 15 is 0 Å². The van der Waals surface area contributed by atoms with Crippen LogP contribution in [0.5, 0.6) is 0 Å². The van der Waals surface area contributed by atoms with E-state index in [1.165, 1.54) is 5.56 Å². The van der Waals surface area contributed by atoms with Gasteiger partial charge >= 0.3 is 0 Å². The van der Waals surface area contributed by atoms with Gasteiger partial charge in [-0.2, -0.15) is 0 Å². The summed E-state index contributed by atoms with van der Waals surface area (Å²) in [6, 6.07) is 4.09. The Hall–Kier alpha value is -1.42. The highest BCUT2D eigenvalue weighted by atomic mass is 16.5. The summed E-state index contributed by atoms with van der Waals surface area (Å²) in [5.74, 6) is 0.562. The fourth-order valence-electron chi connectivity index (χ4n) is 2.71. The maximum Gasteiger partial charge on any atom is 0.223 e. The molecule has 2 rings (SSSR count). The lowest BCUT2D eigenvalue weighted by Gasteiger charge is -2.24. The second kappa shape index (κ2) is 6.84. The molecule has 20 heavy (non-hydrogen) atoms. The molecule has 0 radical (unpaired) electrons. The molecule has 1 aromatic rings. The zero-order valence-corrected chi connectivity index (χ0v) is 12.7. The van der Waals surface area contributed by atoms with Crippen molar-refractivity contribution in [3.8, 4) is 0 Å². The highest BCUT2D eigenvalue weighted by molar-refractivity contribution is 5.76. The number of pyridine rings is 1. The number of ether oxygens (including phenoxy) is 1. The van der Waals surface area contributed by atoms with Crippen LogP contribution >= 0.6 is 0 Å². The van der Waals surface area contributed by atoms with Crippen LogP contribution < -0.4 is 0 Å². The number of carbonyl (C=O) groups excluding carboxylic acids is 1. The highest BCUT2D eigenvalue weighted by Gasteiger charge is 2.20. The number of rotatable bonds is 4. The molecule has 1 atom stereocenters. The second-order valence-corrected chi connectivity index (χ2v) is 5.81. The first-order valence-electron chi connectivity index (χ1n) is 7.30. The first-order valence-corrected chi connectivity index (χ1v) is 7.30. The Kier molecular flexibility index (Phi) is 5.12. The van der Waals surface area contributed by atoms with E-state index in [1.807, 2.05) is 26.1 Å². The zero-order chi connectivity index (χ0) is 14.5. The van der Waals surface area contributed by atoms with Gasteiger partial charge in [-0.3, -0.25) is 9.78 Å². The van der Waals surface area contributed by atoms with Crippen molar-refractivity contribution >= 4 is 5.91 Å². The lowest BCUT2D eigenvalue weighted by Crippen LogP contribution is -2.30. The Labute approximate surface area is 121 Å². The van der Waals surface area contributed by atoms with Crippen molar-refractivity contribution in [2.75, 3.05) is 20.3 Å². The van der Waals surface area contributed by atoms with E-state index in [0.717, 1.165) is 37.4 Å². The third-order valence-electron chi connectivity index (χ3n) is 3.69. The van der Waals surface area contributed by atoms with Gasteiger partial charge in [0, 0.05) is 32.4 Å². The summed E-state index contributed by atoms with van der Waals surface area (Å²) in [4.78, 5) is 18.5. The minimum atomic E-state index is 0.182. The maximum absolute atomic E-state index is 12.2. The van der Waals surface area contributed by atoms with Crippen molar-refractivity contribution in [1.29, 1.82) is 0 Å². The minimum absolute atomic E-state index is 0.182. The van der Waals surface area contributed by atoms with Gasteiger partial charge in [-0.1, -0.05) is 0 Å². The van der Waals surface area contributed by atoms with Crippen LogP contribution in [0.2, 0.25) is 0 Å². The molecular formula is C16H24N2O2. The second-order valence-electron chi connectivity index (χ2n) is 5.81. The molecule has 0 unspecified atom stereocenters. The van der Waals surface area contributed by atoms with Gasteiger partial charge < -0.3 is 9.64 Å². The number of nitrogens with zero attached hydrogens (tertiary/aromatic N) is 2. The molecule has 1 amide bonds. The van der Waals surface area contributed by atoms with Crippen molar-refractivity contribution < 1.29 is 9.53 Å². The van der Waals surface area contributed by atoms with E-state index in [9.17, 15) is 4.79 Å². The van der Waals surface area contributed by atoms with Crippen LogP contribution in [0.25, 0.3) is 0 Å². The van der Waals surface area contributed by atoms with E-state index in [2.05, 4.69) is 11.9 Å². The topological polar surface area (TPSA) is 42.4 Å². The lowest BCUT2D eigenvalue weighted by atomic mass is 9.98. The van der Waals surface area contributed by atoms with Crippen LogP contribution in [-0.4, -0.2) is 36.1 Å². The third-order valence-corrected chi connectivity index (χ3v) is 3.69. The van der Waals surface area contributed by atoms with Gasteiger partial charge in [0.2, 0.25) is 5.91 Å². The van der Waals surface area contributed by atoms with E-state index in [4.69, 9.17) is 4.74 Å². The van der Waals surface area contributed by atoms with Crippen LogP contribution in [0, 0.1) is 19.8 Å². The Bertz CT molecular complexity index is 447. The SMILES string of the molecule is Cc1cc(C)nc(CN(C)C(=O)C[C@@H]2CCCOC2)c1. The minimum Gasteiger partial charge on any atom is -0.381 e. The van der Waals surface area contributed by atoms with Crippen molar-refractivity contribution in [2.45, 2.75) is 39.7 Å². The first kappa shape index (κ1) is 15.0. The predicted octanol–water partition coefficient (Wildman–Crippen LogP) is 2.47. The Balaban J connectivity index is 1.89. The fraction of sp³-hybridized carbons (Fsp3) is 0.625. The Morgan fingerprint density at radius 2 is 2.25 bits per heavy atom. The Morgan fingerprint density at radius 3 is 2.90 bits per heavy atom. The smallest absolute Gasteiger partial charge is 0.223 e. The van der Waals surface area contributed by atoms with Crippen LogP contribution in [0.4, 0.5) is 0 Å².